The number of nitrogens with one attached hydrogen (secondary N) is 1. The smallest absolute Gasteiger partial charge is 0.273 e. The molecule has 0 radical (unpaired) electrons. The summed E-state index contributed by atoms with van der Waals surface area (Å²) in [5, 5.41) is 14.3. The Hall–Kier alpha value is -1.66. The van der Waals surface area contributed by atoms with Crippen molar-refractivity contribution in [2.45, 2.75) is 32.4 Å². The zero-order valence-electron chi connectivity index (χ0n) is 12.1. The first-order valence-corrected chi connectivity index (χ1v) is 6.76. The van der Waals surface area contributed by atoms with Crippen molar-refractivity contribution in [1.29, 1.82) is 0 Å². The Labute approximate surface area is 130 Å². The first-order chi connectivity index (χ1) is 9.50. The average Bonchev–Trinajstić information content (AvgIpc) is 2.42. The third kappa shape index (κ3) is 3.92. The molecule has 1 N–H and O–H groups in total. The van der Waals surface area contributed by atoms with Crippen molar-refractivity contribution in [2.24, 2.45) is 0 Å². The van der Waals surface area contributed by atoms with Crippen LogP contribution in [0.15, 0.2) is 24.3 Å². The highest BCUT2D eigenvalue weighted by Crippen LogP contribution is 2.20. The van der Waals surface area contributed by atoms with E-state index in [2.05, 4.69) is 5.32 Å². The van der Waals surface area contributed by atoms with Crippen LogP contribution >= 0.6 is 12.4 Å². The van der Waals surface area contributed by atoms with Crippen LogP contribution in [0.2, 0.25) is 0 Å². The van der Waals surface area contributed by atoms with Gasteiger partial charge < -0.3 is 10.2 Å². The summed E-state index contributed by atoms with van der Waals surface area (Å²) in [6.07, 6.45) is 0.0776. The van der Waals surface area contributed by atoms with Gasteiger partial charge in [0.2, 0.25) is 5.91 Å². The van der Waals surface area contributed by atoms with E-state index in [9.17, 15) is 14.9 Å². The quantitative estimate of drug-likeness (QED) is 0.681. The molecule has 0 saturated carbocycles. The molecule has 116 valence electrons. The zero-order valence-corrected chi connectivity index (χ0v) is 12.9. The van der Waals surface area contributed by atoms with Gasteiger partial charge in [0, 0.05) is 36.8 Å². The lowest BCUT2D eigenvalue weighted by molar-refractivity contribution is -0.385. The molecule has 6 nitrogen and oxygen atoms in total. The fourth-order valence-corrected chi connectivity index (χ4v) is 2.51. The molecule has 0 aliphatic carbocycles. The normalized spacial score (nSPS) is 21.5. The van der Waals surface area contributed by atoms with Gasteiger partial charge in [-0.25, -0.2) is 0 Å². The summed E-state index contributed by atoms with van der Waals surface area (Å²) < 4.78 is 0. The number of rotatable bonds is 3. The van der Waals surface area contributed by atoms with E-state index in [1.807, 2.05) is 13.8 Å². The van der Waals surface area contributed by atoms with E-state index in [0.717, 1.165) is 6.54 Å². The average molecular weight is 314 g/mol. The van der Waals surface area contributed by atoms with Gasteiger partial charge in [0.05, 0.1) is 11.3 Å². The lowest BCUT2D eigenvalue weighted by Crippen LogP contribution is -2.57. The summed E-state index contributed by atoms with van der Waals surface area (Å²) in [7, 11) is 0. The molecule has 1 aliphatic rings. The fraction of sp³-hybridized carbons (Fsp3) is 0.500. The van der Waals surface area contributed by atoms with Gasteiger partial charge in [-0.05, 0) is 13.8 Å². The number of hydrogen-bond acceptors (Lipinski definition) is 4. The number of nitro benzene ring substituents is 1. The highest BCUT2D eigenvalue weighted by molar-refractivity contribution is 5.85. The van der Waals surface area contributed by atoms with Crippen LogP contribution in [0.5, 0.6) is 0 Å². The molecule has 2 atom stereocenters. The Morgan fingerprint density at radius 2 is 2.10 bits per heavy atom. The number of hydrogen-bond donors (Lipinski definition) is 1. The van der Waals surface area contributed by atoms with Crippen molar-refractivity contribution in [2.75, 3.05) is 13.1 Å². The maximum absolute atomic E-state index is 12.4. The molecule has 2 rings (SSSR count). The zero-order chi connectivity index (χ0) is 14.7. The van der Waals surface area contributed by atoms with Crippen LogP contribution < -0.4 is 5.32 Å². The molecule has 0 bridgehead atoms. The lowest BCUT2D eigenvalue weighted by atomic mass is 10.0. The molecule has 21 heavy (non-hydrogen) atoms. The Balaban J connectivity index is 0.00000220. The number of nitro groups is 1. The number of carbonyl (C=O) groups excluding carboxylic acids is 1. The number of amides is 1. The molecule has 1 heterocycles. The highest BCUT2D eigenvalue weighted by atomic mass is 35.5. The highest BCUT2D eigenvalue weighted by Gasteiger charge is 2.29. The molecule has 1 fully saturated rings. The van der Waals surface area contributed by atoms with E-state index in [4.69, 9.17) is 0 Å². The number of piperazine rings is 1. The topological polar surface area (TPSA) is 75.5 Å². The van der Waals surface area contributed by atoms with E-state index < -0.39 is 4.92 Å². The molecule has 1 aromatic rings. The Morgan fingerprint density at radius 3 is 2.76 bits per heavy atom. The predicted octanol–water partition coefficient (Wildman–Crippen LogP) is 1.77. The minimum absolute atomic E-state index is 0. The van der Waals surface area contributed by atoms with Crippen molar-refractivity contribution >= 4 is 24.0 Å². The van der Waals surface area contributed by atoms with Crippen molar-refractivity contribution in [3.8, 4) is 0 Å². The Kier molecular flexibility index (Phi) is 6.11. The third-order valence-corrected chi connectivity index (χ3v) is 3.88. The minimum Gasteiger partial charge on any atom is -0.337 e. The van der Waals surface area contributed by atoms with Crippen LogP contribution in [0.25, 0.3) is 0 Å². The maximum atomic E-state index is 12.4. The number of carbonyl (C=O) groups is 1. The predicted molar refractivity (Wildman–Crippen MR) is 82.7 cm³/mol. The molecule has 7 heteroatoms. The largest absolute Gasteiger partial charge is 0.337 e. The summed E-state index contributed by atoms with van der Waals surface area (Å²) in [5.74, 6) is -0.0554. The first kappa shape index (κ1) is 17.4. The van der Waals surface area contributed by atoms with Gasteiger partial charge >= 0.3 is 0 Å². The van der Waals surface area contributed by atoms with Gasteiger partial charge in [-0.15, -0.1) is 12.4 Å². The first-order valence-electron chi connectivity index (χ1n) is 6.76. The molecule has 0 spiro atoms. The number of para-hydroxylation sites is 1. The fourth-order valence-electron chi connectivity index (χ4n) is 2.51. The van der Waals surface area contributed by atoms with E-state index in [0.29, 0.717) is 12.1 Å². The summed E-state index contributed by atoms with van der Waals surface area (Å²) in [6, 6.07) is 6.75. The molecule has 1 aromatic carbocycles. The molecule has 1 aliphatic heterocycles. The standard InChI is InChI=1S/C14H19N3O3.ClH/c1-10-11(2)16(8-7-15-10)14(18)9-12-5-3-4-6-13(12)17(19)20;/h3-6,10-11,15H,7-9H2,1-2H3;1H. The van der Waals surface area contributed by atoms with Crippen LogP contribution in [0.4, 0.5) is 5.69 Å². The van der Waals surface area contributed by atoms with Crippen molar-refractivity contribution in [3.63, 3.8) is 0 Å². The van der Waals surface area contributed by atoms with Gasteiger partial charge in [0.25, 0.3) is 5.69 Å². The monoisotopic (exact) mass is 313 g/mol. The van der Waals surface area contributed by atoms with Crippen LogP contribution in [0.1, 0.15) is 19.4 Å². The molecule has 1 saturated heterocycles. The Morgan fingerprint density at radius 1 is 1.43 bits per heavy atom. The van der Waals surface area contributed by atoms with Crippen LogP contribution in [-0.2, 0) is 11.2 Å². The molecule has 0 aromatic heterocycles. The summed E-state index contributed by atoms with van der Waals surface area (Å²) >= 11 is 0. The van der Waals surface area contributed by atoms with Crippen LogP contribution in [0, 0.1) is 10.1 Å². The van der Waals surface area contributed by atoms with Crippen molar-refractivity contribution in [1.82, 2.24) is 10.2 Å². The van der Waals surface area contributed by atoms with Gasteiger partial charge in [-0.2, -0.15) is 0 Å². The molecular formula is C14H20ClN3O3. The van der Waals surface area contributed by atoms with Crippen molar-refractivity contribution in [3.05, 3.63) is 39.9 Å². The second-order valence-corrected chi connectivity index (χ2v) is 5.13. The molecule has 2 unspecified atom stereocenters. The van der Waals surface area contributed by atoms with E-state index >= 15 is 0 Å². The van der Waals surface area contributed by atoms with Gasteiger partial charge in [0.1, 0.15) is 0 Å². The van der Waals surface area contributed by atoms with E-state index in [1.165, 1.54) is 6.07 Å². The number of nitrogens with zero attached hydrogens (tertiary/aromatic N) is 2. The van der Waals surface area contributed by atoms with E-state index in [-0.39, 0.29) is 42.5 Å². The summed E-state index contributed by atoms with van der Waals surface area (Å²) in [6.45, 7) is 5.43. The van der Waals surface area contributed by atoms with Crippen molar-refractivity contribution < 1.29 is 9.72 Å². The Bertz CT molecular complexity index is 524. The maximum Gasteiger partial charge on any atom is 0.273 e. The summed E-state index contributed by atoms with van der Waals surface area (Å²) in [4.78, 5) is 24.7. The number of benzene rings is 1. The van der Waals surface area contributed by atoms with Gasteiger partial charge in [0.15, 0.2) is 0 Å². The van der Waals surface area contributed by atoms with Crippen LogP contribution in [0.3, 0.4) is 0 Å². The minimum atomic E-state index is -0.438. The lowest BCUT2D eigenvalue weighted by Gasteiger charge is -2.38. The second-order valence-electron chi connectivity index (χ2n) is 5.13. The summed E-state index contributed by atoms with van der Waals surface area (Å²) in [5.41, 5.74) is 0.484. The van der Waals surface area contributed by atoms with Gasteiger partial charge in [-0.3, -0.25) is 14.9 Å². The van der Waals surface area contributed by atoms with E-state index in [1.54, 1.807) is 23.1 Å². The van der Waals surface area contributed by atoms with Gasteiger partial charge in [-0.1, -0.05) is 18.2 Å². The SMILES string of the molecule is CC1NCCN(C(=O)Cc2ccccc2[N+](=O)[O-])C1C.Cl. The number of halogens is 1. The third-order valence-electron chi connectivity index (χ3n) is 3.88. The van der Waals surface area contributed by atoms with Crippen LogP contribution in [-0.4, -0.2) is 40.9 Å². The molecule has 1 amide bonds. The molecular weight excluding hydrogens is 294 g/mol. The second kappa shape index (κ2) is 7.38.